The Morgan fingerprint density at radius 3 is 2.44 bits per heavy atom. The Morgan fingerprint density at radius 2 is 1.85 bits per heavy atom. The molecular weight excluding hydrogens is 370 g/mol. The van der Waals surface area contributed by atoms with E-state index in [4.69, 9.17) is 4.74 Å². The molecule has 2 rings (SSSR count). The molecule has 0 saturated carbocycles. The molecule has 0 aliphatic carbocycles. The Kier molecular flexibility index (Phi) is 7.52. The lowest BCUT2D eigenvalue weighted by Gasteiger charge is -2.26. The average Bonchev–Trinajstić information content (AvgIpc) is 2.67. The van der Waals surface area contributed by atoms with Crippen LogP contribution in [0.15, 0.2) is 35.2 Å². The third kappa shape index (κ3) is 5.88. The summed E-state index contributed by atoms with van der Waals surface area (Å²) in [6, 6.07) is 5.65. The summed E-state index contributed by atoms with van der Waals surface area (Å²) in [5.74, 6) is -0.657. The number of nitrogens with one attached hydrogen (secondary N) is 2. The smallest absolute Gasteiger partial charge is 0.244 e. The number of sulfonamides is 1. The van der Waals surface area contributed by atoms with Gasteiger partial charge in [0.25, 0.3) is 0 Å². The third-order valence-electron chi connectivity index (χ3n) is 4.02. The van der Waals surface area contributed by atoms with E-state index < -0.39 is 22.0 Å². The van der Waals surface area contributed by atoms with Crippen LogP contribution in [-0.2, 0) is 24.3 Å². The Morgan fingerprint density at radius 1 is 1.22 bits per heavy atom. The zero-order valence-electron chi connectivity index (χ0n) is 15.5. The van der Waals surface area contributed by atoms with Gasteiger partial charge in [-0.05, 0) is 37.6 Å². The minimum atomic E-state index is -3.54. The van der Waals surface area contributed by atoms with E-state index in [-0.39, 0.29) is 10.8 Å². The number of ether oxygens (including phenoxy) is 1. The van der Waals surface area contributed by atoms with E-state index in [1.165, 1.54) is 22.5 Å². The first-order valence-electron chi connectivity index (χ1n) is 8.79. The molecule has 1 fully saturated rings. The molecule has 1 aromatic carbocycles. The van der Waals surface area contributed by atoms with Gasteiger partial charge in [0.05, 0.1) is 18.1 Å². The van der Waals surface area contributed by atoms with Crippen molar-refractivity contribution in [3.8, 4) is 0 Å². The molecular formula is C18H25N3O5S. The zero-order valence-corrected chi connectivity index (χ0v) is 16.3. The normalized spacial score (nSPS) is 16.8. The predicted molar refractivity (Wildman–Crippen MR) is 101 cm³/mol. The van der Waals surface area contributed by atoms with Crippen LogP contribution in [-0.4, -0.2) is 63.4 Å². The van der Waals surface area contributed by atoms with Gasteiger partial charge in [0.2, 0.25) is 21.8 Å². The molecule has 1 aromatic rings. The van der Waals surface area contributed by atoms with E-state index >= 15 is 0 Å². The summed E-state index contributed by atoms with van der Waals surface area (Å²) < 4.78 is 31.7. The summed E-state index contributed by atoms with van der Waals surface area (Å²) in [6.07, 6.45) is 2.87. The average molecular weight is 395 g/mol. The highest BCUT2D eigenvalue weighted by atomic mass is 32.2. The lowest BCUT2D eigenvalue weighted by molar-refractivity contribution is -0.126. The van der Waals surface area contributed by atoms with Crippen molar-refractivity contribution in [3.05, 3.63) is 35.9 Å². The fourth-order valence-corrected chi connectivity index (χ4v) is 3.92. The van der Waals surface area contributed by atoms with Crippen molar-refractivity contribution in [2.45, 2.75) is 24.8 Å². The largest absolute Gasteiger partial charge is 0.379 e. The van der Waals surface area contributed by atoms with Crippen LogP contribution < -0.4 is 10.6 Å². The van der Waals surface area contributed by atoms with Crippen LogP contribution in [0.5, 0.6) is 0 Å². The number of hydrogen-bond donors (Lipinski definition) is 2. The number of hydrogen-bond acceptors (Lipinski definition) is 5. The zero-order chi connectivity index (χ0) is 19.9. The van der Waals surface area contributed by atoms with E-state index in [0.29, 0.717) is 38.4 Å². The molecule has 1 saturated heterocycles. The van der Waals surface area contributed by atoms with E-state index in [0.717, 1.165) is 0 Å². The molecule has 0 bridgehead atoms. The Bertz CT molecular complexity index is 784. The third-order valence-corrected chi connectivity index (χ3v) is 5.93. The number of amides is 2. The number of rotatable bonds is 7. The van der Waals surface area contributed by atoms with Gasteiger partial charge in [-0.1, -0.05) is 12.1 Å². The molecule has 0 unspecified atom stereocenters. The molecule has 9 heteroatoms. The standard InChI is InChI=1S/C18H25N3O5S/c1-3-19-18(23)14(2)20-17(22)9-6-15-4-7-16(8-5-15)27(24,25)21-10-12-26-13-11-21/h4-9,14H,3,10-13H2,1-2H3,(H,19,23)(H,20,22)/b9-6+/t14-/m1/s1. The maximum Gasteiger partial charge on any atom is 0.244 e. The lowest BCUT2D eigenvalue weighted by Crippen LogP contribution is -2.44. The molecule has 1 heterocycles. The molecule has 1 aliphatic rings. The molecule has 1 aliphatic heterocycles. The van der Waals surface area contributed by atoms with E-state index in [1.54, 1.807) is 32.1 Å². The van der Waals surface area contributed by atoms with Crippen molar-refractivity contribution in [3.63, 3.8) is 0 Å². The van der Waals surface area contributed by atoms with Gasteiger partial charge in [-0.15, -0.1) is 0 Å². The van der Waals surface area contributed by atoms with Gasteiger partial charge < -0.3 is 15.4 Å². The van der Waals surface area contributed by atoms with Crippen molar-refractivity contribution >= 4 is 27.9 Å². The number of carbonyl (C=O) groups is 2. The first-order valence-corrected chi connectivity index (χ1v) is 10.2. The van der Waals surface area contributed by atoms with E-state index in [9.17, 15) is 18.0 Å². The first kappa shape index (κ1) is 21.1. The van der Waals surface area contributed by atoms with E-state index in [2.05, 4.69) is 10.6 Å². The molecule has 2 N–H and O–H groups in total. The van der Waals surface area contributed by atoms with Crippen LogP contribution >= 0.6 is 0 Å². The highest BCUT2D eigenvalue weighted by Gasteiger charge is 2.25. The number of carbonyl (C=O) groups excluding carboxylic acids is 2. The maximum atomic E-state index is 12.6. The van der Waals surface area contributed by atoms with Crippen LogP contribution in [0.3, 0.4) is 0 Å². The topological polar surface area (TPSA) is 105 Å². The first-order chi connectivity index (χ1) is 12.8. The number of nitrogens with zero attached hydrogens (tertiary/aromatic N) is 1. The second-order valence-electron chi connectivity index (χ2n) is 6.04. The van der Waals surface area contributed by atoms with Crippen LogP contribution in [0.4, 0.5) is 0 Å². The number of morpholine rings is 1. The molecule has 1 atom stereocenters. The van der Waals surface area contributed by atoms with Crippen LogP contribution in [0.2, 0.25) is 0 Å². The number of benzene rings is 1. The van der Waals surface area contributed by atoms with Gasteiger partial charge in [-0.3, -0.25) is 9.59 Å². The summed E-state index contributed by atoms with van der Waals surface area (Å²) in [6.45, 7) is 5.36. The highest BCUT2D eigenvalue weighted by Crippen LogP contribution is 2.18. The minimum Gasteiger partial charge on any atom is -0.379 e. The van der Waals surface area contributed by atoms with Crippen molar-refractivity contribution in [1.82, 2.24) is 14.9 Å². The summed E-state index contributed by atoms with van der Waals surface area (Å²) in [5, 5.41) is 5.19. The predicted octanol–water partition coefficient (Wildman–Crippen LogP) is 0.362. The van der Waals surface area contributed by atoms with Crippen LogP contribution in [0, 0.1) is 0 Å². The van der Waals surface area contributed by atoms with Crippen molar-refractivity contribution in [1.29, 1.82) is 0 Å². The van der Waals surface area contributed by atoms with E-state index in [1.807, 2.05) is 0 Å². The Hall–Kier alpha value is -2.23. The summed E-state index contributed by atoms with van der Waals surface area (Å²) in [5.41, 5.74) is 0.678. The van der Waals surface area contributed by atoms with Gasteiger partial charge in [-0.25, -0.2) is 8.42 Å². The second kappa shape index (κ2) is 9.63. The quantitative estimate of drug-likeness (QED) is 0.649. The van der Waals surface area contributed by atoms with Crippen molar-refractivity contribution in [2.24, 2.45) is 0 Å². The summed E-state index contributed by atoms with van der Waals surface area (Å²) >= 11 is 0. The van der Waals surface area contributed by atoms with Crippen molar-refractivity contribution < 1.29 is 22.7 Å². The van der Waals surface area contributed by atoms with Crippen molar-refractivity contribution in [2.75, 3.05) is 32.8 Å². The van der Waals surface area contributed by atoms with Gasteiger partial charge >= 0.3 is 0 Å². The van der Waals surface area contributed by atoms with Gasteiger partial charge in [0.15, 0.2) is 0 Å². The minimum absolute atomic E-state index is 0.205. The molecule has 2 amide bonds. The maximum absolute atomic E-state index is 12.6. The lowest BCUT2D eigenvalue weighted by atomic mass is 10.2. The fourth-order valence-electron chi connectivity index (χ4n) is 2.51. The highest BCUT2D eigenvalue weighted by molar-refractivity contribution is 7.89. The van der Waals surface area contributed by atoms with Gasteiger partial charge in [0, 0.05) is 25.7 Å². The van der Waals surface area contributed by atoms with Crippen LogP contribution in [0.1, 0.15) is 19.4 Å². The summed E-state index contributed by atoms with van der Waals surface area (Å²) in [7, 11) is -3.54. The van der Waals surface area contributed by atoms with Gasteiger partial charge in [-0.2, -0.15) is 4.31 Å². The molecule has 148 valence electrons. The SMILES string of the molecule is CCNC(=O)[C@@H](C)NC(=O)/C=C/c1ccc(S(=O)(=O)N2CCOCC2)cc1. The monoisotopic (exact) mass is 395 g/mol. The second-order valence-corrected chi connectivity index (χ2v) is 7.98. The Labute approximate surface area is 159 Å². The molecule has 8 nitrogen and oxygen atoms in total. The molecule has 27 heavy (non-hydrogen) atoms. The molecule has 0 radical (unpaired) electrons. The Balaban J connectivity index is 1.97. The molecule has 0 aromatic heterocycles. The molecule has 0 spiro atoms. The summed E-state index contributed by atoms with van der Waals surface area (Å²) in [4.78, 5) is 23.7. The number of likely N-dealkylation sites (N-methyl/N-ethyl adjacent to an activating group) is 1. The van der Waals surface area contributed by atoms with Gasteiger partial charge in [0.1, 0.15) is 6.04 Å². The fraction of sp³-hybridized carbons (Fsp3) is 0.444. The van der Waals surface area contributed by atoms with Crippen LogP contribution in [0.25, 0.3) is 6.08 Å².